The summed E-state index contributed by atoms with van der Waals surface area (Å²) in [6.45, 7) is 1.19. The van der Waals surface area contributed by atoms with E-state index in [1.807, 2.05) is 0 Å². The molecular weight excluding hydrogens is 334 g/mol. The Morgan fingerprint density at radius 3 is 2.38 bits per heavy atom. The van der Waals surface area contributed by atoms with E-state index in [4.69, 9.17) is 18.9 Å². The van der Waals surface area contributed by atoms with Crippen LogP contribution < -0.4 is 23.7 Å². The van der Waals surface area contributed by atoms with E-state index < -0.39 is 10.0 Å². The summed E-state index contributed by atoms with van der Waals surface area (Å²) in [6, 6.07) is 9.88. The molecule has 4 rings (SSSR count). The fraction of sp³-hybridized carbons (Fsp3) is 0.250. The molecule has 2 aromatic rings. The van der Waals surface area contributed by atoms with Gasteiger partial charge in [0.25, 0.3) is 0 Å². The second-order valence-electron chi connectivity index (χ2n) is 5.32. The molecule has 0 fully saturated rings. The molecule has 2 aliphatic rings. The molecule has 24 heavy (non-hydrogen) atoms. The zero-order chi connectivity index (χ0) is 16.6. The molecule has 0 aliphatic carbocycles. The van der Waals surface area contributed by atoms with Crippen LogP contribution in [0.2, 0.25) is 0 Å². The molecule has 2 aliphatic heterocycles. The fourth-order valence-corrected chi connectivity index (χ4v) is 3.54. The summed E-state index contributed by atoms with van der Waals surface area (Å²) in [7, 11) is -3.66. The number of ether oxygens (including phenoxy) is 4. The van der Waals surface area contributed by atoms with Crippen molar-refractivity contribution < 1.29 is 27.4 Å². The van der Waals surface area contributed by atoms with Crippen LogP contribution in [0.1, 0.15) is 5.56 Å². The van der Waals surface area contributed by atoms with Gasteiger partial charge in [0.15, 0.2) is 23.0 Å². The summed E-state index contributed by atoms with van der Waals surface area (Å²) in [5.41, 5.74) is 0.778. The quantitative estimate of drug-likeness (QED) is 0.904. The Hall–Kier alpha value is -2.45. The van der Waals surface area contributed by atoms with Crippen LogP contribution in [0.15, 0.2) is 41.3 Å². The van der Waals surface area contributed by atoms with E-state index in [1.54, 1.807) is 24.3 Å². The van der Waals surface area contributed by atoms with E-state index in [2.05, 4.69) is 4.72 Å². The van der Waals surface area contributed by atoms with Gasteiger partial charge >= 0.3 is 0 Å². The first-order valence-electron chi connectivity index (χ1n) is 7.40. The molecule has 1 N–H and O–H groups in total. The Balaban J connectivity index is 1.51. The molecule has 0 bridgehead atoms. The molecule has 0 amide bonds. The van der Waals surface area contributed by atoms with Gasteiger partial charge in [-0.15, -0.1) is 0 Å². The van der Waals surface area contributed by atoms with Crippen molar-refractivity contribution in [1.82, 2.24) is 4.72 Å². The third kappa shape index (κ3) is 2.85. The topological polar surface area (TPSA) is 83.1 Å². The van der Waals surface area contributed by atoms with Crippen molar-refractivity contribution in [3.05, 3.63) is 42.0 Å². The lowest BCUT2D eigenvalue weighted by molar-refractivity contribution is 0.171. The number of benzene rings is 2. The predicted molar refractivity (Wildman–Crippen MR) is 84.0 cm³/mol. The second kappa shape index (κ2) is 5.88. The zero-order valence-electron chi connectivity index (χ0n) is 12.7. The fourth-order valence-electron chi connectivity index (χ4n) is 2.50. The largest absolute Gasteiger partial charge is 0.486 e. The van der Waals surface area contributed by atoms with Crippen LogP contribution in [-0.4, -0.2) is 28.4 Å². The van der Waals surface area contributed by atoms with Crippen molar-refractivity contribution >= 4 is 10.0 Å². The molecule has 2 heterocycles. The van der Waals surface area contributed by atoms with Crippen LogP contribution in [0, 0.1) is 0 Å². The van der Waals surface area contributed by atoms with Gasteiger partial charge in [-0.3, -0.25) is 0 Å². The molecule has 8 heteroatoms. The summed E-state index contributed by atoms with van der Waals surface area (Å²) < 4.78 is 48.8. The lowest BCUT2D eigenvalue weighted by atomic mass is 10.2. The third-order valence-electron chi connectivity index (χ3n) is 3.73. The highest BCUT2D eigenvalue weighted by atomic mass is 32.2. The maximum atomic E-state index is 12.5. The molecule has 0 saturated carbocycles. The average Bonchev–Trinajstić information content (AvgIpc) is 3.07. The van der Waals surface area contributed by atoms with Crippen molar-refractivity contribution in [1.29, 1.82) is 0 Å². The van der Waals surface area contributed by atoms with Gasteiger partial charge in [0, 0.05) is 12.6 Å². The van der Waals surface area contributed by atoms with Crippen molar-refractivity contribution in [2.24, 2.45) is 0 Å². The first-order valence-corrected chi connectivity index (χ1v) is 8.88. The van der Waals surface area contributed by atoms with E-state index in [9.17, 15) is 8.42 Å². The van der Waals surface area contributed by atoms with Gasteiger partial charge in [-0.2, -0.15) is 0 Å². The lowest BCUT2D eigenvalue weighted by Crippen LogP contribution is -2.23. The zero-order valence-corrected chi connectivity index (χ0v) is 13.5. The average molecular weight is 349 g/mol. The molecule has 0 unspecified atom stereocenters. The van der Waals surface area contributed by atoms with Gasteiger partial charge in [-0.25, -0.2) is 13.1 Å². The predicted octanol–water partition coefficient (Wildman–Crippen LogP) is 1.67. The number of hydrogen-bond donors (Lipinski definition) is 1. The monoisotopic (exact) mass is 349 g/mol. The minimum atomic E-state index is -3.66. The van der Waals surface area contributed by atoms with E-state index in [-0.39, 0.29) is 18.2 Å². The molecule has 0 radical (unpaired) electrons. The third-order valence-corrected chi connectivity index (χ3v) is 5.13. The Morgan fingerprint density at radius 2 is 1.50 bits per heavy atom. The minimum absolute atomic E-state index is 0.132. The number of hydrogen-bond acceptors (Lipinski definition) is 6. The number of sulfonamides is 1. The van der Waals surface area contributed by atoms with Crippen molar-refractivity contribution in [2.45, 2.75) is 11.4 Å². The van der Waals surface area contributed by atoms with Crippen molar-refractivity contribution in [3.63, 3.8) is 0 Å². The van der Waals surface area contributed by atoms with E-state index in [0.717, 1.165) is 5.56 Å². The van der Waals surface area contributed by atoms with Gasteiger partial charge in [0.05, 0.1) is 4.90 Å². The van der Waals surface area contributed by atoms with Crippen molar-refractivity contribution in [2.75, 3.05) is 20.0 Å². The van der Waals surface area contributed by atoms with Crippen LogP contribution in [-0.2, 0) is 16.6 Å². The highest BCUT2D eigenvalue weighted by molar-refractivity contribution is 7.89. The lowest BCUT2D eigenvalue weighted by Gasteiger charge is -2.19. The number of nitrogens with one attached hydrogen (secondary N) is 1. The van der Waals surface area contributed by atoms with Crippen LogP contribution in [0.25, 0.3) is 0 Å². The summed E-state index contributed by atoms with van der Waals surface area (Å²) in [6.07, 6.45) is 0. The number of rotatable bonds is 4. The Kier molecular flexibility index (Phi) is 3.70. The second-order valence-corrected chi connectivity index (χ2v) is 7.08. The van der Waals surface area contributed by atoms with Crippen LogP contribution in [0.5, 0.6) is 23.0 Å². The van der Waals surface area contributed by atoms with Gasteiger partial charge in [-0.05, 0) is 29.8 Å². The number of fused-ring (bicyclic) bond motifs is 2. The highest BCUT2D eigenvalue weighted by Gasteiger charge is 2.20. The van der Waals surface area contributed by atoms with Gasteiger partial charge in [-0.1, -0.05) is 6.07 Å². The standard InChI is InChI=1S/C16H15NO6S/c18-24(19,12-2-4-13-16(8-12)21-6-5-20-13)17-9-11-1-3-14-15(7-11)23-10-22-14/h1-4,7-8,17H,5-6,9-10H2. The molecule has 0 aromatic heterocycles. The maximum absolute atomic E-state index is 12.5. The normalized spacial score (nSPS) is 15.3. The van der Waals surface area contributed by atoms with Crippen LogP contribution in [0.3, 0.4) is 0 Å². The molecule has 126 valence electrons. The Bertz CT molecular complexity index is 880. The minimum Gasteiger partial charge on any atom is -0.486 e. The summed E-state index contributed by atoms with van der Waals surface area (Å²) in [5.74, 6) is 2.27. The summed E-state index contributed by atoms with van der Waals surface area (Å²) >= 11 is 0. The first-order chi connectivity index (χ1) is 11.6. The van der Waals surface area contributed by atoms with Gasteiger partial charge in [0.1, 0.15) is 13.2 Å². The van der Waals surface area contributed by atoms with Crippen molar-refractivity contribution in [3.8, 4) is 23.0 Å². The van der Waals surface area contributed by atoms with Crippen LogP contribution in [0.4, 0.5) is 0 Å². The maximum Gasteiger partial charge on any atom is 0.241 e. The Morgan fingerprint density at radius 1 is 0.833 bits per heavy atom. The van der Waals surface area contributed by atoms with Gasteiger partial charge in [0.2, 0.25) is 16.8 Å². The summed E-state index contributed by atoms with van der Waals surface area (Å²) in [4.78, 5) is 0.132. The SMILES string of the molecule is O=S(=O)(NCc1ccc2c(c1)OCO2)c1ccc2c(c1)OCCO2. The highest BCUT2D eigenvalue weighted by Crippen LogP contribution is 2.33. The molecule has 0 atom stereocenters. The van der Waals surface area contributed by atoms with E-state index in [1.165, 1.54) is 12.1 Å². The van der Waals surface area contributed by atoms with Gasteiger partial charge < -0.3 is 18.9 Å². The molecule has 0 spiro atoms. The first kappa shape index (κ1) is 15.1. The Labute approximate surface area is 139 Å². The smallest absolute Gasteiger partial charge is 0.241 e. The molecule has 2 aromatic carbocycles. The van der Waals surface area contributed by atoms with E-state index in [0.29, 0.717) is 36.2 Å². The van der Waals surface area contributed by atoms with E-state index >= 15 is 0 Å². The molecule has 0 saturated heterocycles. The molecular formula is C16H15NO6S. The van der Waals surface area contributed by atoms with Crippen LogP contribution >= 0.6 is 0 Å². The summed E-state index contributed by atoms with van der Waals surface area (Å²) in [5, 5.41) is 0. The molecule has 7 nitrogen and oxygen atoms in total.